The van der Waals surface area contributed by atoms with E-state index in [0.29, 0.717) is 5.92 Å². The van der Waals surface area contributed by atoms with E-state index in [-0.39, 0.29) is 12.1 Å². The summed E-state index contributed by atoms with van der Waals surface area (Å²) in [5, 5.41) is 13.3. The predicted molar refractivity (Wildman–Crippen MR) is 72.1 cm³/mol. The summed E-state index contributed by atoms with van der Waals surface area (Å²) in [6.07, 6.45) is 10.1. The van der Waals surface area contributed by atoms with Crippen molar-refractivity contribution in [3.8, 4) is 0 Å². The van der Waals surface area contributed by atoms with E-state index in [1.54, 1.807) is 0 Å². The summed E-state index contributed by atoms with van der Waals surface area (Å²) in [6.45, 7) is 3.12. The standard InChI is InChI=1S/C14H25N3O/c1-14(10-18,12-6-4-3-5-7-12)16-9-13-8-15-11-17(13)2/h8,11-12,16,18H,3-7,9-10H2,1-2H3. The van der Waals surface area contributed by atoms with Gasteiger partial charge in [-0.2, -0.15) is 0 Å². The lowest BCUT2D eigenvalue weighted by molar-refractivity contribution is 0.0932. The fourth-order valence-electron chi connectivity index (χ4n) is 2.92. The zero-order chi connectivity index (χ0) is 13.0. The van der Waals surface area contributed by atoms with E-state index in [9.17, 15) is 5.11 Å². The minimum Gasteiger partial charge on any atom is -0.394 e. The average Bonchev–Trinajstić information content (AvgIpc) is 2.83. The summed E-state index contributed by atoms with van der Waals surface area (Å²) < 4.78 is 2.02. The van der Waals surface area contributed by atoms with Crippen molar-refractivity contribution in [1.82, 2.24) is 14.9 Å². The molecule has 1 atom stereocenters. The van der Waals surface area contributed by atoms with Crippen LogP contribution >= 0.6 is 0 Å². The van der Waals surface area contributed by atoms with Gasteiger partial charge in [0.05, 0.1) is 18.6 Å². The quantitative estimate of drug-likeness (QED) is 0.839. The maximum absolute atomic E-state index is 9.75. The smallest absolute Gasteiger partial charge is 0.0945 e. The van der Waals surface area contributed by atoms with Crippen molar-refractivity contribution in [2.45, 2.75) is 51.1 Å². The molecule has 2 rings (SSSR count). The van der Waals surface area contributed by atoms with Gasteiger partial charge in [-0.25, -0.2) is 4.98 Å². The summed E-state index contributed by atoms with van der Waals surface area (Å²) >= 11 is 0. The van der Waals surface area contributed by atoms with Crippen LogP contribution in [0.25, 0.3) is 0 Å². The van der Waals surface area contributed by atoms with Crippen molar-refractivity contribution in [1.29, 1.82) is 0 Å². The van der Waals surface area contributed by atoms with Crippen LogP contribution in [-0.2, 0) is 13.6 Å². The van der Waals surface area contributed by atoms with Crippen LogP contribution in [0.15, 0.2) is 12.5 Å². The number of rotatable bonds is 5. The van der Waals surface area contributed by atoms with Crippen molar-refractivity contribution < 1.29 is 5.11 Å². The van der Waals surface area contributed by atoms with Crippen LogP contribution in [0.3, 0.4) is 0 Å². The molecule has 1 unspecified atom stereocenters. The monoisotopic (exact) mass is 251 g/mol. The van der Waals surface area contributed by atoms with Gasteiger partial charge in [0.15, 0.2) is 0 Å². The predicted octanol–water partition coefficient (Wildman–Crippen LogP) is 1.84. The summed E-state index contributed by atoms with van der Waals surface area (Å²) in [5.41, 5.74) is 0.996. The van der Waals surface area contributed by atoms with E-state index in [2.05, 4.69) is 17.2 Å². The molecular weight excluding hydrogens is 226 g/mol. The molecule has 1 fully saturated rings. The highest BCUT2D eigenvalue weighted by Crippen LogP contribution is 2.32. The van der Waals surface area contributed by atoms with Crippen molar-refractivity contribution >= 4 is 0 Å². The molecule has 18 heavy (non-hydrogen) atoms. The number of aliphatic hydroxyl groups is 1. The fourth-order valence-corrected chi connectivity index (χ4v) is 2.92. The second-order valence-corrected chi connectivity index (χ2v) is 5.76. The topological polar surface area (TPSA) is 50.1 Å². The molecule has 1 aliphatic rings. The van der Waals surface area contributed by atoms with Gasteiger partial charge >= 0.3 is 0 Å². The summed E-state index contributed by atoms with van der Waals surface area (Å²) in [5.74, 6) is 0.587. The van der Waals surface area contributed by atoms with Gasteiger partial charge in [0.25, 0.3) is 0 Å². The minimum absolute atomic E-state index is 0.162. The SMILES string of the molecule is Cn1cncc1CNC(C)(CO)C1CCCCC1. The third kappa shape index (κ3) is 2.93. The number of hydrogen-bond donors (Lipinski definition) is 2. The molecule has 1 aliphatic carbocycles. The summed E-state index contributed by atoms with van der Waals surface area (Å²) in [4.78, 5) is 4.12. The Hall–Kier alpha value is -0.870. The maximum Gasteiger partial charge on any atom is 0.0945 e. The average molecular weight is 251 g/mol. The van der Waals surface area contributed by atoms with E-state index in [0.717, 1.165) is 12.2 Å². The molecule has 1 aromatic heterocycles. The number of aliphatic hydroxyl groups excluding tert-OH is 1. The molecule has 0 aliphatic heterocycles. The van der Waals surface area contributed by atoms with Crippen molar-refractivity contribution in [3.63, 3.8) is 0 Å². The number of aromatic nitrogens is 2. The Kier molecular flexibility index (Phi) is 4.40. The molecular formula is C14H25N3O. The Labute approximate surface area is 109 Å². The zero-order valence-corrected chi connectivity index (χ0v) is 11.5. The van der Waals surface area contributed by atoms with Crippen LogP contribution in [0.1, 0.15) is 44.7 Å². The highest BCUT2D eigenvalue weighted by Gasteiger charge is 2.33. The van der Waals surface area contributed by atoms with Crippen LogP contribution in [0.5, 0.6) is 0 Å². The minimum atomic E-state index is -0.162. The van der Waals surface area contributed by atoms with Crippen molar-refractivity contribution in [3.05, 3.63) is 18.2 Å². The molecule has 0 saturated heterocycles. The van der Waals surface area contributed by atoms with Crippen LogP contribution in [-0.4, -0.2) is 26.8 Å². The molecule has 1 heterocycles. The summed E-state index contributed by atoms with van der Waals surface area (Å²) in [7, 11) is 2.00. The van der Waals surface area contributed by atoms with Gasteiger partial charge in [-0.15, -0.1) is 0 Å². The second-order valence-electron chi connectivity index (χ2n) is 5.76. The van der Waals surface area contributed by atoms with Gasteiger partial charge in [0, 0.05) is 25.3 Å². The van der Waals surface area contributed by atoms with Crippen molar-refractivity contribution in [2.75, 3.05) is 6.61 Å². The fraction of sp³-hybridized carbons (Fsp3) is 0.786. The van der Waals surface area contributed by atoms with E-state index in [4.69, 9.17) is 0 Å². The first-order valence-electron chi connectivity index (χ1n) is 6.97. The van der Waals surface area contributed by atoms with Crippen LogP contribution in [0.4, 0.5) is 0 Å². The number of nitrogens with zero attached hydrogens (tertiary/aromatic N) is 2. The largest absolute Gasteiger partial charge is 0.394 e. The molecule has 0 aromatic carbocycles. The van der Waals surface area contributed by atoms with Crippen molar-refractivity contribution in [2.24, 2.45) is 13.0 Å². The maximum atomic E-state index is 9.75. The van der Waals surface area contributed by atoms with Crippen LogP contribution in [0, 0.1) is 5.92 Å². The Morgan fingerprint density at radius 2 is 2.17 bits per heavy atom. The van der Waals surface area contributed by atoms with Gasteiger partial charge < -0.3 is 15.0 Å². The Morgan fingerprint density at radius 3 is 2.72 bits per heavy atom. The zero-order valence-electron chi connectivity index (χ0n) is 11.5. The number of hydrogen-bond acceptors (Lipinski definition) is 3. The van der Waals surface area contributed by atoms with Gasteiger partial charge in [-0.05, 0) is 25.7 Å². The molecule has 4 nitrogen and oxygen atoms in total. The Balaban J connectivity index is 1.96. The lowest BCUT2D eigenvalue weighted by Gasteiger charge is -2.39. The Morgan fingerprint density at radius 1 is 1.44 bits per heavy atom. The second kappa shape index (κ2) is 5.85. The normalized spacial score (nSPS) is 20.8. The molecule has 0 spiro atoms. The molecule has 0 amide bonds. The lowest BCUT2D eigenvalue weighted by Crippen LogP contribution is -2.52. The highest BCUT2D eigenvalue weighted by atomic mass is 16.3. The Bertz CT molecular complexity index is 371. The van der Waals surface area contributed by atoms with E-state index >= 15 is 0 Å². The molecule has 1 saturated carbocycles. The lowest BCUT2D eigenvalue weighted by atomic mass is 9.76. The van der Waals surface area contributed by atoms with Gasteiger partial charge in [0.2, 0.25) is 0 Å². The number of aryl methyl sites for hydroxylation is 1. The molecule has 2 N–H and O–H groups in total. The first-order chi connectivity index (χ1) is 8.65. The molecule has 102 valence electrons. The van der Waals surface area contributed by atoms with Gasteiger partial charge in [-0.1, -0.05) is 19.3 Å². The molecule has 0 bridgehead atoms. The first-order valence-corrected chi connectivity index (χ1v) is 6.97. The molecule has 0 radical (unpaired) electrons. The first kappa shape index (κ1) is 13.6. The highest BCUT2D eigenvalue weighted by molar-refractivity contribution is 5.00. The molecule has 4 heteroatoms. The van der Waals surface area contributed by atoms with Crippen LogP contribution < -0.4 is 5.32 Å². The number of imidazole rings is 1. The third-order valence-electron chi connectivity index (χ3n) is 4.42. The summed E-state index contributed by atoms with van der Waals surface area (Å²) in [6, 6.07) is 0. The van der Waals surface area contributed by atoms with E-state index < -0.39 is 0 Å². The third-order valence-corrected chi connectivity index (χ3v) is 4.42. The number of nitrogens with one attached hydrogen (secondary N) is 1. The van der Waals surface area contributed by atoms with Gasteiger partial charge in [-0.3, -0.25) is 0 Å². The van der Waals surface area contributed by atoms with E-state index in [1.165, 1.54) is 32.1 Å². The van der Waals surface area contributed by atoms with Crippen LogP contribution in [0.2, 0.25) is 0 Å². The molecule has 1 aromatic rings. The van der Waals surface area contributed by atoms with Gasteiger partial charge in [0.1, 0.15) is 0 Å². The van der Waals surface area contributed by atoms with E-state index in [1.807, 2.05) is 24.1 Å².